The molecule has 1 aliphatic rings. The molecule has 0 radical (unpaired) electrons. The lowest BCUT2D eigenvalue weighted by atomic mass is 10.0. The Morgan fingerprint density at radius 3 is 2.41 bits per heavy atom. The molecule has 1 aromatic rings. The average molecular weight is 369 g/mol. The summed E-state index contributed by atoms with van der Waals surface area (Å²) in [7, 11) is 2.12. The van der Waals surface area contributed by atoms with E-state index in [1.165, 1.54) is 5.69 Å². The van der Waals surface area contributed by atoms with Crippen molar-refractivity contribution in [2.24, 2.45) is 0 Å². The van der Waals surface area contributed by atoms with E-state index in [1.807, 2.05) is 37.8 Å². The Kier molecular flexibility index (Phi) is 5.37. The number of halogens is 1. The first-order chi connectivity index (χ1) is 10.3. The van der Waals surface area contributed by atoms with E-state index in [0.29, 0.717) is 6.04 Å². The summed E-state index contributed by atoms with van der Waals surface area (Å²) in [6.07, 6.45) is 1.71. The quantitative estimate of drug-likeness (QED) is 0.780. The number of ether oxygens (including phenoxy) is 1. The molecule has 1 fully saturated rings. The van der Waals surface area contributed by atoms with Crippen LogP contribution in [0.15, 0.2) is 28.7 Å². The zero-order chi connectivity index (χ0) is 16.3. The average Bonchev–Trinajstić information content (AvgIpc) is 2.45. The van der Waals surface area contributed by atoms with Gasteiger partial charge in [0.05, 0.1) is 5.69 Å². The number of likely N-dealkylation sites (tertiary alicyclic amines) is 1. The molecular formula is C17H25BrN2O2. The molecular weight excluding hydrogens is 344 g/mol. The Morgan fingerprint density at radius 2 is 1.86 bits per heavy atom. The molecule has 1 amide bonds. The second kappa shape index (κ2) is 6.90. The highest BCUT2D eigenvalue weighted by atomic mass is 79.9. The van der Waals surface area contributed by atoms with Crippen LogP contribution in [0.2, 0.25) is 0 Å². The fourth-order valence-corrected chi connectivity index (χ4v) is 3.26. The minimum atomic E-state index is -0.431. The number of hydrogen-bond acceptors (Lipinski definition) is 3. The number of para-hydroxylation sites is 1. The number of nitrogens with zero attached hydrogens (tertiary/aromatic N) is 2. The predicted molar refractivity (Wildman–Crippen MR) is 93.4 cm³/mol. The van der Waals surface area contributed by atoms with Crippen LogP contribution in [0.3, 0.4) is 0 Å². The summed E-state index contributed by atoms with van der Waals surface area (Å²) in [5.41, 5.74) is 0.762. The van der Waals surface area contributed by atoms with Crippen LogP contribution in [0.4, 0.5) is 10.5 Å². The standard InChI is InChI=1S/C17H25BrN2O2/c1-17(2,3)22-16(21)20-11-9-13(10-12-20)19(4)15-8-6-5-7-14(15)18/h5-8,13H,9-12H2,1-4H3. The summed E-state index contributed by atoms with van der Waals surface area (Å²) in [6.45, 7) is 7.19. The van der Waals surface area contributed by atoms with Gasteiger partial charge in [0.25, 0.3) is 0 Å². The highest BCUT2D eigenvalue weighted by Gasteiger charge is 2.28. The molecule has 1 aliphatic heterocycles. The Hall–Kier alpha value is -1.23. The Bertz CT molecular complexity index is 520. The van der Waals surface area contributed by atoms with Gasteiger partial charge in [-0.25, -0.2) is 4.79 Å². The van der Waals surface area contributed by atoms with Gasteiger partial charge in [0.1, 0.15) is 5.60 Å². The van der Waals surface area contributed by atoms with E-state index < -0.39 is 5.60 Å². The number of benzene rings is 1. The minimum Gasteiger partial charge on any atom is -0.444 e. The molecule has 0 unspecified atom stereocenters. The minimum absolute atomic E-state index is 0.200. The molecule has 2 rings (SSSR count). The molecule has 1 saturated heterocycles. The van der Waals surface area contributed by atoms with Crippen molar-refractivity contribution in [3.05, 3.63) is 28.7 Å². The van der Waals surface area contributed by atoms with Crippen LogP contribution in [0.5, 0.6) is 0 Å². The van der Waals surface area contributed by atoms with Gasteiger partial charge in [-0.15, -0.1) is 0 Å². The van der Waals surface area contributed by atoms with Crippen LogP contribution in [0.25, 0.3) is 0 Å². The maximum Gasteiger partial charge on any atom is 0.410 e. The van der Waals surface area contributed by atoms with Crippen molar-refractivity contribution in [3.8, 4) is 0 Å². The number of rotatable bonds is 2. The molecule has 1 aromatic carbocycles. The van der Waals surface area contributed by atoms with E-state index in [9.17, 15) is 4.79 Å². The van der Waals surface area contributed by atoms with Gasteiger partial charge in [0.15, 0.2) is 0 Å². The lowest BCUT2D eigenvalue weighted by Gasteiger charge is -2.38. The third-order valence-corrected chi connectivity index (χ3v) is 4.57. The van der Waals surface area contributed by atoms with Crippen LogP contribution in [0.1, 0.15) is 33.6 Å². The van der Waals surface area contributed by atoms with Gasteiger partial charge in [0.2, 0.25) is 0 Å². The highest BCUT2D eigenvalue weighted by Crippen LogP contribution is 2.29. The molecule has 22 heavy (non-hydrogen) atoms. The SMILES string of the molecule is CN(c1ccccc1Br)C1CCN(C(=O)OC(C)(C)C)CC1. The summed E-state index contributed by atoms with van der Waals surface area (Å²) in [4.78, 5) is 16.2. The molecule has 122 valence electrons. The number of piperidine rings is 1. The van der Waals surface area contributed by atoms with E-state index in [4.69, 9.17) is 4.74 Å². The highest BCUT2D eigenvalue weighted by molar-refractivity contribution is 9.10. The first kappa shape index (κ1) is 17.1. The fraction of sp³-hybridized carbons (Fsp3) is 0.588. The van der Waals surface area contributed by atoms with E-state index in [2.05, 4.69) is 40.0 Å². The van der Waals surface area contributed by atoms with Gasteiger partial charge in [-0.1, -0.05) is 12.1 Å². The molecule has 0 bridgehead atoms. The third kappa shape index (κ3) is 4.38. The van der Waals surface area contributed by atoms with E-state index in [0.717, 1.165) is 30.4 Å². The van der Waals surface area contributed by atoms with Crippen molar-refractivity contribution in [1.29, 1.82) is 0 Å². The molecule has 0 atom stereocenters. The lowest BCUT2D eigenvalue weighted by molar-refractivity contribution is 0.0205. The zero-order valence-corrected chi connectivity index (χ0v) is 15.4. The first-order valence-corrected chi connectivity index (χ1v) is 8.52. The van der Waals surface area contributed by atoms with Crippen molar-refractivity contribution in [1.82, 2.24) is 4.90 Å². The van der Waals surface area contributed by atoms with Crippen LogP contribution >= 0.6 is 15.9 Å². The van der Waals surface area contributed by atoms with Crippen molar-refractivity contribution < 1.29 is 9.53 Å². The number of hydrogen-bond donors (Lipinski definition) is 0. The van der Waals surface area contributed by atoms with Crippen molar-refractivity contribution >= 4 is 27.7 Å². The Labute approximate surface area is 141 Å². The topological polar surface area (TPSA) is 32.8 Å². The van der Waals surface area contributed by atoms with Crippen molar-refractivity contribution in [3.63, 3.8) is 0 Å². The molecule has 5 heteroatoms. The first-order valence-electron chi connectivity index (χ1n) is 7.73. The maximum atomic E-state index is 12.1. The second-order valence-corrected chi connectivity index (χ2v) is 7.62. The molecule has 4 nitrogen and oxygen atoms in total. The Morgan fingerprint density at radius 1 is 1.27 bits per heavy atom. The van der Waals surface area contributed by atoms with Crippen LogP contribution in [-0.2, 0) is 4.74 Å². The smallest absolute Gasteiger partial charge is 0.410 e. The molecule has 1 heterocycles. The Balaban J connectivity index is 1.92. The van der Waals surface area contributed by atoms with Crippen LogP contribution in [0, 0.1) is 0 Å². The molecule has 0 spiro atoms. The molecule has 0 aliphatic carbocycles. The number of amides is 1. The summed E-state index contributed by atoms with van der Waals surface area (Å²) in [5.74, 6) is 0. The molecule has 0 N–H and O–H groups in total. The third-order valence-electron chi connectivity index (χ3n) is 3.90. The van der Waals surface area contributed by atoms with Gasteiger partial charge in [-0.05, 0) is 61.7 Å². The van der Waals surface area contributed by atoms with Crippen LogP contribution in [-0.4, -0.2) is 42.8 Å². The largest absolute Gasteiger partial charge is 0.444 e. The van der Waals surface area contributed by atoms with Gasteiger partial charge < -0.3 is 14.5 Å². The number of carbonyl (C=O) groups excluding carboxylic acids is 1. The van der Waals surface area contributed by atoms with Gasteiger partial charge >= 0.3 is 6.09 Å². The van der Waals surface area contributed by atoms with Crippen molar-refractivity contribution in [2.45, 2.75) is 45.3 Å². The normalized spacial score (nSPS) is 16.5. The van der Waals surface area contributed by atoms with Crippen molar-refractivity contribution in [2.75, 3.05) is 25.0 Å². The van der Waals surface area contributed by atoms with Gasteiger partial charge in [-0.2, -0.15) is 0 Å². The second-order valence-electron chi connectivity index (χ2n) is 6.76. The maximum absolute atomic E-state index is 12.1. The monoisotopic (exact) mass is 368 g/mol. The predicted octanol–water partition coefficient (Wildman–Crippen LogP) is 4.28. The van der Waals surface area contributed by atoms with Crippen LogP contribution < -0.4 is 4.90 Å². The molecule has 0 aromatic heterocycles. The zero-order valence-electron chi connectivity index (χ0n) is 13.8. The van der Waals surface area contributed by atoms with E-state index >= 15 is 0 Å². The summed E-state index contributed by atoms with van der Waals surface area (Å²) in [6, 6.07) is 8.68. The number of carbonyl (C=O) groups is 1. The van der Waals surface area contributed by atoms with Gasteiger partial charge in [0, 0.05) is 30.7 Å². The van der Waals surface area contributed by atoms with E-state index in [1.54, 1.807) is 0 Å². The van der Waals surface area contributed by atoms with E-state index in [-0.39, 0.29) is 6.09 Å². The molecule has 0 saturated carbocycles. The number of anilines is 1. The summed E-state index contributed by atoms with van der Waals surface area (Å²) < 4.78 is 6.55. The summed E-state index contributed by atoms with van der Waals surface area (Å²) >= 11 is 3.61. The summed E-state index contributed by atoms with van der Waals surface area (Å²) in [5, 5.41) is 0. The lowest BCUT2D eigenvalue weighted by Crippen LogP contribution is -2.47. The fourth-order valence-electron chi connectivity index (χ4n) is 2.70. The van der Waals surface area contributed by atoms with Gasteiger partial charge in [-0.3, -0.25) is 0 Å².